The van der Waals surface area contributed by atoms with E-state index in [0.29, 0.717) is 47.3 Å². The zero-order valence-electron chi connectivity index (χ0n) is 27.6. The van der Waals surface area contributed by atoms with E-state index >= 15 is 0 Å². The number of hydrogen-bond acceptors (Lipinski definition) is 11. The fourth-order valence-corrected chi connectivity index (χ4v) is 5.59. The molecule has 1 aromatic carbocycles. The van der Waals surface area contributed by atoms with Crippen LogP contribution < -0.4 is 10.1 Å². The smallest absolute Gasteiger partial charge is 0.156 e. The number of carbonyl (C=O) groups is 1. The molecule has 12 nitrogen and oxygen atoms in total. The van der Waals surface area contributed by atoms with Gasteiger partial charge in [0.15, 0.2) is 12.1 Å². The van der Waals surface area contributed by atoms with Crippen LogP contribution in [0, 0.1) is 13.8 Å². The number of nitrogens with zero attached hydrogens (tertiary/aromatic N) is 7. The van der Waals surface area contributed by atoms with Crippen molar-refractivity contribution in [3.05, 3.63) is 41.5 Å². The summed E-state index contributed by atoms with van der Waals surface area (Å²) in [5, 5.41) is 11.4. The molecule has 2 N–H and O–H groups in total. The van der Waals surface area contributed by atoms with Crippen molar-refractivity contribution in [2.45, 2.75) is 57.6 Å². The minimum absolute atomic E-state index is 0.440. The van der Waals surface area contributed by atoms with Crippen LogP contribution in [0.4, 0.5) is 11.6 Å². The molecule has 0 radical (unpaired) electrons. The second-order valence-corrected chi connectivity index (χ2v) is 14.0. The number of aliphatic imine (C=N–C) groups is 2. The van der Waals surface area contributed by atoms with E-state index < -0.39 is 15.5 Å². The number of nitrogens with one attached hydrogen (secondary N) is 2. The Kier molecular flexibility index (Phi) is 13.5. The van der Waals surface area contributed by atoms with Crippen molar-refractivity contribution in [2.24, 2.45) is 9.98 Å². The summed E-state index contributed by atoms with van der Waals surface area (Å²) in [7, 11) is 0.882. The lowest BCUT2D eigenvalue weighted by Crippen LogP contribution is -2.44. The lowest BCUT2D eigenvalue weighted by atomic mass is 10.2. The van der Waals surface area contributed by atoms with Crippen LogP contribution in [0.2, 0.25) is 0 Å². The van der Waals surface area contributed by atoms with Gasteiger partial charge in [-0.1, -0.05) is 0 Å². The van der Waals surface area contributed by atoms with Gasteiger partial charge in [-0.2, -0.15) is 5.10 Å². The zero-order valence-corrected chi connectivity index (χ0v) is 28.4. The Labute approximate surface area is 268 Å². The first-order valence-electron chi connectivity index (χ1n) is 15.1. The summed E-state index contributed by atoms with van der Waals surface area (Å²) in [6.07, 6.45) is 5.97. The van der Waals surface area contributed by atoms with Crippen LogP contribution >= 0.6 is 0 Å². The zero-order chi connectivity index (χ0) is 33.0. The van der Waals surface area contributed by atoms with Crippen molar-refractivity contribution < 1.29 is 13.7 Å². The SMILES string of the molecule is C=N/C=C(/C=O)C=NCC.Cc1[nH]nc(Nc2ncnc3cc(OCCCN4CCN(C)CC4)c(S(=O)C(C)(C)C)cc23)c1C. The minimum atomic E-state index is -1.28. The number of aldehydes is 1. The van der Waals surface area contributed by atoms with Crippen molar-refractivity contribution in [1.29, 1.82) is 0 Å². The van der Waals surface area contributed by atoms with Gasteiger partial charge in [-0.25, -0.2) is 9.97 Å². The fourth-order valence-electron chi connectivity index (χ4n) is 4.41. The third-order valence-electron chi connectivity index (χ3n) is 7.22. The number of carbonyl (C=O) groups excluding carboxylic acids is 1. The van der Waals surface area contributed by atoms with Gasteiger partial charge in [-0.3, -0.25) is 24.1 Å². The van der Waals surface area contributed by atoms with Crippen molar-refractivity contribution in [1.82, 2.24) is 30.0 Å². The van der Waals surface area contributed by atoms with Crippen molar-refractivity contribution >= 4 is 52.6 Å². The summed E-state index contributed by atoms with van der Waals surface area (Å²) in [5.41, 5.74) is 3.19. The van der Waals surface area contributed by atoms with Gasteiger partial charge in [0.05, 0.1) is 33.4 Å². The topological polar surface area (TPSA) is 141 Å². The molecule has 244 valence electrons. The lowest BCUT2D eigenvalue weighted by Gasteiger charge is -2.32. The largest absolute Gasteiger partial charge is 0.492 e. The van der Waals surface area contributed by atoms with E-state index in [0.717, 1.165) is 61.3 Å². The Morgan fingerprint density at radius 2 is 1.91 bits per heavy atom. The summed E-state index contributed by atoms with van der Waals surface area (Å²) in [6.45, 7) is 21.6. The third-order valence-corrected chi connectivity index (χ3v) is 9.05. The number of rotatable bonds is 12. The molecule has 1 aliphatic rings. The van der Waals surface area contributed by atoms with Crippen LogP contribution in [0.1, 0.15) is 45.4 Å². The molecule has 0 aliphatic carbocycles. The average Bonchev–Trinajstić information content (AvgIpc) is 3.33. The van der Waals surface area contributed by atoms with E-state index in [1.54, 1.807) is 0 Å². The quantitative estimate of drug-likeness (QED) is 0.127. The maximum absolute atomic E-state index is 13.5. The number of hydrogen-bond donors (Lipinski definition) is 2. The average molecular weight is 638 g/mol. The summed E-state index contributed by atoms with van der Waals surface area (Å²) in [5.74, 6) is 1.96. The highest BCUT2D eigenvalue weighted by Crippen LogP contribution is 2.35. The fraction of sp³-hybridized carbons (Fsp3) is 0.500. The number of ether oxygens (including phenoxy) is 1. The molecule has 0 spiro atoms. The standard InChI is InChI=1S/C25H37N7O2S.C7H10N2O/c1-17-18(2)29-30-23(17)28-24-19-14-22(35(33)25(3,4)5)21(15-20(19)26-16-27-24)34-13-7-8-32-11-9-31(6)10-12-32;1-3-9-5-7(6-10)4-8-2/h14-16H,7-13H2,1-6H3,(H2,26,27,28,29,30);4-6H,2-3H2,1H3/b;7-4+,9-5?. The number of aromatic nitrogens is 4. The highest BCUT2D eigenvalue weighted by atomic mass is 32.2. The van der Waals surface area contributed by atoms with Gasteiger partial charge in [-0.05, 0) is 67.8 Å². The molecule has 1 fully saturated rings. The van der Waals surface area contributed by atoms with Gasteiger partial charge in [-0.15, -0.1) is 0 Å². The van der Waals surface area contributed by atoms with E-state index in [1.807, 2.05) is 53.7 Å². The van der Waals surface area contributed by atoms with Crippen molar-refractivity contribution in [3.63, 3.8) is 0 Å². The van der Waals surface area contributed by atoms with Crippen LogP contribution in [-0.4, -0.2) is 111 Å². The van der Waals surface area contributed by atoms with E-state index in [9.17, 15) is 9.00 Å². The van der Waals surface area contributed by atoms with Crippen molar-refractivity contribution in [3.8, 4) is 5.75 Å². The Morgan fingerprint density at radius 3 is 2.51 bits per heavy atom. The molecular weight excluding hydrogens is 590 g/mol. The molecular formula is C32H47N9O3S. The summed E-state index contributed by atoms with van der Waals surface area (Å²) in [4.78, 5) is 31.8. The highest BCUT2D eigenvalue weighted by Gasteiger charge is 2.26. The first-order valence-corrected chi connectivity index (χ1v) is 16.3. The molecule has 4 rings (SSSR count). The molecule has 1 saturated heterocycles. The highest BCUT2D eigenvalue weighted by molar-refractivity contribution is 7.86. The first kappa shape index (κ1) is 35.7. The first-order chi connectivity index (χ1) is 21.5. The van der Waals surface area contributed by atoms with Crippen LogP contribution in [0.3, 0.4) is 0 Å². The van der Waals surface area contributed by atoms with E-state index in [4.69, 9.17) is 4.74 Å². The Bertz CT molecular complexity index is 1520. The molecule has 45 heavy (non-hydrogen) atoms. The molecule has 1 atom stereocenters. The summed E-state index contributed by atoms with van der Waals surface area (Å²) < 4.78 is 19.3. The van der Waals surface area contributed by atoms with Gasteiger partial charge in [0.1, 0.15) is 17.9 Å². The molecule has 0 amide bonds. The van der Waals surface area contributed by atoms with Crippen LogP contribution in [-0.2, 0) is 15.6 Å². The van der Waals surface area contributed by atoms with Crippen LogP contribution in [0.15, 0.2) is 45.1 Å². The van der Waals surface area contributed by atoms with Crippen LogP contribution in [0.5, 0.6) is 5.75 Å². The van der Waals surface area contributed by atoms with Gasteiger partial charge < -0.3 is 19.9 Å². The molecule has 13 heteroatoms. The Morgan fingerprint density at radius 1 is 1.18 bits per heavy atom. The number of likely N-dealkylation sites (N-methyl/N-ethyl adjacent to an activating group) is 1. The number of H-pyrrole nitrogens is 1. The number of piperazine rings is 1. The second-order valence-electron chi connectivity index (χ2n) is 11.8. The molecule has 1 aliphatic heterocycles. The molecule has 3 heterocycles. The minimum Gasteiger partial charge on any atom is -0.492 e. The number of aromatic amines is 1. The summed E-state index contributed by atoms with van der Waals surface area (Å²) >= 11 is 0. The molecule has 0 bridgehead atoms. The second kappa shape index (κ2) is 17.0. The normalized spacial score (nSPS) is 15.5. The van der Waals surface area contributed by atoms with E-state index in [1.165, 1.54) is 18.7 Å². The predicted octanol–water partition coefficient (Wildman–Crippen LogP) is 4.50. The Balaban J connectivity index is 0.000000477. The number of anilines is 2. The van der Waals surface area contributed by atoms with Gasteiger partial charge >= 0.3 is 0 Å². The van der Waals surface area contributed by atoms with Gasteiger partial charge in [0, 0.05) is 79.1 Å². The predicted molar refractivity (Wildman–Crippen MR) is 184 cm³/mol. The lowest BCUT2D eigenvalue weighted by molar-refractivity contribution is -0.104. The number of fused-ring (bicyclic) bond motifs is 1. The van der Waals surface area contributed by atoms with Crippen LogP contribution in [0.25, 0.3) is 10.9 Å². The Hall–Kier alpha value is -3.81. The monoisotopic (exact) mass is 637 g/mol. The van der Waals surface area contributed by atoms with Gasteiger partial charge in [0.2, 0.25) is 0 Å². The number of aryl methyl sites for hydroxylation is 1. The summed E-state index contributed by atoms with van der Waals surface area (Å²) in [6, 6.07) is 3.79. The number of allylic oxidation sites excluding steroid dienone is 1. The van der Waals surface area contributed by atoms with Gasteiger partial charge in [0.25, 0.3) is 0 Å². The third kappa shape index (κ3) is 10.4. The van der Waals surface area contributed by atoms with E-state index in [2.05, 4.69) is 59.0 Å². The van der Waals surface area contributed by atoms with E-state index in [-0.39, 0.29) is 0 Å². The molecule has 2 aromatic heterocycles. The van der Waals surface area contributed by atoms with Crippen molar-refractivity contribution in [2.75, 3.05) is 58.2 Å². The molecule has 3 aromatic rings. The maximum atomic E-state index is 13.5. The molecule has 1 unspecified atom stereocenters. The number of benzene rings is 1. The maximum Gasteiger partial charge on any atom is 0.156 e. The molecule has 0 saturated carbocycles.